The lowest BCUT2D eigenvalue weighted by Gasteiger charge is -2.27. The van der Waals surface area contributed by atoms with Crippen LogP contribution in [0.2, 0.25) is 20.4 Å². The summed E-state index contributed by atoms with van der Waals surface area (Å²) in [5, 5.41) is 12.9. The highest BCUT2D eigenvalue weighted by molar-refractivity contribution is 6.34. The lowest BCUT2D eigenvalue weighted by atomic mass is 9.99. The monoisotopic (exact) mass is 904 g/mol. The quantitative estimate of drug-likeness (QED) is 0.127. The van der Waals surface area contributed by atoms with E-state index in [1.54, 1.807) is 67.4 Å². The van der Waals surface area contributed by atoms with Crippen LogP contribution in [0.3, 0.4) is 0 Å². The molecule has 20 heteroatoms. The minimum absolute atomic E-state index is 0.0222. The van der Waals surface area contributed by atoms with Gasteiger partial charge in [-0.05, 0) is 75.7 Å². The average Bonchev–Trinajstić information content (AvgIpc) is 4.05. The SMILES string of the molecule is CC1(C)O[C@@H]2[C@H](O1)[C@@H](C(=O)c1ccc(Cl)c(F)c1)O[C@H]2n1ccc2c(Cl)ncnc21.CC1(C)O[C@H]2[C@@H](O1)[C@H](n1ccc3c(Cl)ncnc31)O[C@@H]2[C@H](O)c1ccc(Cl)c(F)c1. The molecule has 0 saturated carbocycles. The van der Waals surface area contributed by atoms with Crippen LogP contribution in [-0.2, 0) is 28.4 Å². The number of carbonyl (C=O) groups is 1. The molecule has 10 rings (SSSR count). The van der Waals surface area contributed by atoms with Crippen LogP contribution < -0.4 is 0 Å². The number of hydrogen-bond donors (Lipinski definition) is 1. The first-order valence-corrected chi connectivity index (χ1v) is 20.1. The zero-order valence-electron chi connectivity index (χ0n) is 31.9. The van der Waals surface area contributed by atoms with Crippen LogP contribution in [0.1, 0.15) is 62.2 Å². The number of ketones is 1. The fraction of sp³-hybridized carbons (Fsp3) is 0.375. The molecule has 60 heavy (non-hydrogen) atoms. The Morgan fingerprint density at radius 2 is 1.18 bits per heavy atom. The van der Waals surface area contributed by atoms with E-state index in [1.165, 1.54) is 36.9 Å². The maximum Gasteiger partial charge on any atom is 0.194 e. The molecule has 0 bridgehead atoms. The number of aromatic nitrogens is 6. The van der Waals surface area contributed by atoms with E-state index < -0.39 is 84.2 Å². The molecule has 4 aliphatic heterocycles. The van der Waals surface area contributed by atoms with Gasteiger partial charge < -0.3 is 42.7 Å². The van der Waals surface area contributed by atoms with Crippen LogP contribution in [0.25, 0.3) is 22.1 Å². The number of Topliss-reactive ketones (excluding diaryl/α,β-unsaturated/α-hetero) is 1. The van der Waals surface area contributed by atoms with Gasteiger partial charge in [-0.1, -0.05) is 52.5 Å². The number of aliphatic hydroxyl groups is 1. The van der Waals surface area contributed by atoms with E-state index in [2.05, 4.69) is 19.9 Å². The molecule has 4 saturated heterocycles. The zero-order valence-corrected chi connectivity index (χ0v) is 34.9. The van der Waals surface area contributed by atoms with Crippen molar-refractivity contribution in [2.45, 2.75) is 94.5 Å². The second-order valence-electron chi connectivity index (χ2n) is 15.4. The van der Waals surface area contributed by atoms with Gasteiger partial charge in [0.25, 0.3) is 0 Å². The van der Waals surface area contributed by atoms with Crippen LogP contribution in [-0.4, -0.2) is 88.2 Å². The van der Waals surface area contributed by atoms with Gasteiger partial charge in [0.2, 0.25) is 0 Å². The van der Waals surface area contributed by atoms with Crippen molar-refractivity contribution >= 4 is 74.3 Å². The van der Waals surface area contributed by atoms with Crippen molar-refractivity contribution in [1.29, 1.82) is 0 Å². The van der Waals surface area contributed by atoms with Crippen LogP contribution in [0.5, 0.6) is 0 Å². The van der Waals surface area contributed by atoms with Gasteiger partial charge in [0.05, 0.1) is 20.8 Å². The van der Waals surface area contributed by atoms with Gasteiger partial charge in [-0.25, -0.2) is 28.7 Å². The molecule has 6 aromatic rings. The largest absolute Gasteiger partial charge is 0.386 e. The van der Waals surface area contributed by atoms with E-state index in [-0.39, 0.29) is 15.6 Å². The number of carbonyl (C=O) groups excluding carboxylic acids is 1. The Kier molecular flexibility index (Phi) is 10.7. The van der Waals surface area contributed by atoms with Gasteiger partial charge in [-0.3, -0.25) is 4.79 Å². The summed E-state index contributed by atoms with van der Waals surface area (Å²) in [6.07, 6.45) is -0.468. The Morgan fingerprint density at radius 1 is 0.683 bits per heavy atom. The Balaban J connectivity index is 0.000000154. The van der Waals surface area contributed by atoms with Crippen molar-refractivity contribution in [1.82, 2.24) is 29.1 Å². The lowest BCUT2D eigenvalue weighted by molar-refractivity contribution is -0.207. The number of benzene rings is 2. The highest BCUT2D eigenvalue weighted by Gasteiger charge is 2.59. The first-order valence-electron chi connectivity index (χ1n) is 18.6. The molecule has 4 aliphatic rings. The van der Waals surface area contributed by atoms with Crippen molar-refractivity contribution < 1.29 is 47.1 Å². The molecule has 8 heterocycles. The van der Waals surface area contributed by atoms with Crippen LogP contribution >= 0.6 is 46.4 Å². The highest BCUT2D eigenvalue weighted by atomic mass is 35.5. The van der Waals surface area contributed by atoms with E-state index in [0.29, 0.717) is 37.9 Å². The molecule has 14 nitrogen and oxygen atoms in total. The number of aliphatic hydroxyl groups excluding tert-OH is 1. The summed E-state index contributed by atoms with van der Waals surface area (Å²) in [7, 11) is 0. The molecular formula is C40H34Cl4F2N6O8. The van der Waals surface area contributed by atoms with Gasteiger partial charge in [0, 0.05) is 18.0 Å². The minimum atomic E-state index is -1.16. The van der Waals surface area contributed by atoms with Crippen molar-refractivity contribution in [3.8, 4) is 0 Å². The number of rotatable bonds is 6. The lowest BCUT2D eigenvalue weighted by Crippen LogP contribution is -2.35. The number of fused-ring (bicyclic) bond motifs is 4. The van der Waals surface area contributed by atoms with Crippen molar-refractivity contribution in [2.75, 3.05) is 0 Å². The second-order valence-corrected chi connectivity index (χ2v) is 17.0. The summed E-state index contributed by atoms with van der Waals surface area (Å²) in [6, 6.07) is 11.6. The molecule has 4 aromatic heterocycles. The Labute approximate surface area is 360 Å². The summed E-state index contributed by atoms with van der Waals surface area (Å²) in [4.78, 5) is 29.7. The third-order valence-electron chi connectivity index (χ3n) is 10.6. The first kappa shape index (κ1) is 41.4. The predicted octanol–water partition coefficient (Wildman–Crippen LogP) is 8.21. The van der Waals surface area contributed by atoms with E-state index in [9.17, 15) is 18.7 Å². The van der Waals surface area contributed by atoms with Crippen LogP contribution in [0.15, 0.2) is 73.6 Å². The smallest absolute Gasteiger partial charge is 0.194 e. The van der Waals surface area contributed by atoms with Crippen molar-refractivity contribution in [3.63, 3.8) is 0 Å². The van der Waals surface area contributed by atoms with E-state index in [4.69, 9.17) is 74.8 Å². The van der Waals surface area contributed by atoms with Crippen molar-refractivity contribution in [3.05, 3.63) is 117 Å². The average molecular weight is 907 g/mol. The molecule has 0 amide bonds. The van der Waals surface area contributed by atoms with Crippen LogP contribution in [0.4, 0.5) is 8.78 Å². The summed E-state index contributed by atoms with van der Waals surface area (Å²) in [5.41, 5.74) is 1.58. The molecule has 2 aromatic carbocycles. The van der Waals surface area contributed by atoms with E-state index >= 15 is 0 Å². The standard InChI is InChI=1S/C20H18Cl2FN3O4.C20H16Cl2FN3O4/c2*1-20(2)29-15-14(13(27)9-3-4-11(21)12(23)7-9)28-19(16(15)30-20)26-6-5-10-17(22)24-8-25-18(10)26/h3-8,13-16,19,27H,1-2H3;3-8,14-16,19H,1-2H3/t13-,14-,15-,16-,19-;14-,15-,16-,19-/m11/s1. The van der Waals surface area contributed by atoms with E-state index in [0.717, 1.165) is 6.07 Å². The van der Waals surface area contributed by atoms with Gasteiger partial charge in [-0.15, -0.1) is 0 Å². The highest BCUT2D eigenvalue weighted by Crippen LogP contribution is 2.48. The fourth-order valence-corrected chi connectivity index (χ4v) is 8.71. The fourth-order valence-electron chi connectivity index (χ4n) is 8.09. The molecule has 0 spiro atoms. The minimum Gasteiger partial charge on any atom is -0.386 e. The predicted molar refractivity (Wildman–Crippen MR) is 213 cm³/mol. The number of ether oxygens (including phenoxy) is 6. The molecule has 1 N–H and O–H groups in total. The number of hydrogen-bond acceptors (Lipinski definition) is 12. The summed E-state index contributed by atoms with van der Waals surface area (Å²) < 4.78 is 67.9. The summed E-state index contributed by atoms with van der Waals surface area (Å²) in [6.45, 7) is 7.11. The molecule has 0 unspecified atom stereocenters. The third-order valence-corrected chi connectivity index (χ3v) is 11.8. The van der Waals surface area contributed by atoms with Crippen LogP contribution in [0, 0.1) is 11.6 Å². The number of halogens is 6. The Bertz CT molecular complexity index is 2650. The topological polar surface area (TPSA) is 154 Å². The first-order chi connectivity index (χ1) is 28.5. The second kappa shape index (κ2) is 15.5. The molecule has 9 atom stereocenters. The molecule has 4 fully saturated rings. The maximum absolute atomic E-state index is 14.0. The van der Waals surface area contributed by atoms with Gasteiger partial charge in [-0.2, -0.15) is 0 Å². The molecular weight excluding hydrogens is 872 g/mol. The van der Waals surface area contributed by atoms with Gasteiger partial charge in [0.15, 0.2) is 35.9 Å². The van der Waals surface area contributed by atoms with Crippen molar-refractivity contribution in [2.24, 2.45) is 0 Å². The maximum atomic E-state index is 14.0. The normalized spacial score (nSPS) is 28.1. The third kappa shape index (κ3) is 7.34. The Morgan fingerprint density at radius 3 is 1.75 bits per heavy atom. The summed E-state index contributed by atoms with van der Waals surface area (Å²) >= 11 is 23.8. The molecule has 0 radical (unpaired) electrons. The Hall–Kier alpha value is -3.91. The zero-order chi connectivity index (χ0) is 42.4. The molecule has 314 valence electrons. The summed E-state index contributed by atoms with van der Waals surface area (Å²) in [5.74, 6) is -3.52. The van der Waals surface area contributed by atoms with E-state index in [1.807, 2.05) is 0 Å². The number of nitrogens with zero attached hydrogens (tertiary/aromatic N) is 6. The molecule has 0 aliphatic carbocycles. The van der Waals surface area contributed by atoms with Gasteiger partial charge in [0.1, 0.15) is 82.5 Å². The van der Waals surface area contributed by atoms with Gasteiger partial charge >= 0.3 is 0 Å².